The molecule has 0 N–H and O–H groups in total. The first-order valence-corrected chi connectivity index (χ1v) is 2.91. The summed E-state index contributed by atoms with van der Waals surface area (Å²) in [7, 11) is 0. The maximum Gasteiger partial charge on any atom is 0.132 e. The van der Waals surface area contributed by atoms with Crippen LogP contribution < -0.4 is 0 Å². The summed E-state index contributed by atoms with van der Waals surface area (Å²) in [5.74, 6) is 0.464. The molecule has 72 valence electrons. The minimum Gasteiger partial charge on any atom is -0.300 e. The predicted molar refractivity (Wildman–Crippen MR) is 57.1 cm³/mol. The molecular formula is C6H14Cl4O. The van der Waals surface area contributed by atoms with Crippen molar-refractivity contribution >= 4 is 55.4 Å². The number of halogens is 4. The number of Topliss-reactive ketones (excluding diaryl/α,β-unsaturated/α-hetero) is 1. The van der Waals surface area contributed by atoms with Crippen LogP contribution in [0.25, 0.3) is 0 Å². The molecule has 0 atom stereocenters. The Morgan fingerprint density at radius 2 is 1.09 bits per heavy atom. The van der Waals surface area contributed by atoms with Crippen LogP contribution in [0.3, 0.4) is 0 Å². The topological polar surface area (TPSA) is 17.1 Å². The van der Waals surface area contributed by atoms with Crippen molar-refractivity contribution in [3.8, 4) is 0 Å². The van der Waals surface area contributed by atoms with Crippen LogP contribution in [-0.4, -0.2) is 5.78 Å². The van der Waals surface area contributed by atoms with Gasteiger partial charge in [0.2, 0.25) is 0 Å². The Morgan fingerprint density at radius 1 is 0.727 bits per heavy atom. The van der Waals surface area contributed by atoms with Crippen LogP contribution in [-0.2, 0) is 4.79 Å². The number of carbonyl (C=O) groups is 1. The van der Waals surface area contributed by atoms with Gasteiger partial charge in [-0.25, -0.2) is 0 Å². The molecule has 0 aliphatic heterocycles. The SMILES string of the molecule is Cl.Cl.Cl.Cl.O=C1CCCCC1. The van der Waals surface area contributed by atoms with Gasteiger partial charge < -0.3 is 0 Å². The van der Waals surface area contributed by atoms with E-state index in [0.29, 0.717) is 5.78 Å². The van der Waals surface area contributed by atoms with Gasteiger partial charge in [0.1, 0.15) is 5.78 Å². The molecule has 0 saturated heterocycles. The van der Waals surface area contributed by atoms with Crippen molar-refractivity contribution in [3.05, 3.63) is 0 Å². The highest BCUT2D eigenvalue weighted by Gasteiger charge is 2.05. The third kappa shape index (κ3) is 10.8. The van der Waals surface area contributed by atoms with Gasteiger partial charge in [-0.05, 0) is 12.8 Å². The summed E-state index contributed by atoms with van der Waals surface area (Å²) in [6.45, 7) is 0. The average Bonchev–Trinajstić information content (AvgIpc) is 1.69. The van der Waals surface area contributed by atoms with Crippen molar-refractivity contribution < 1.29 is 4.79 Å². The number of rotatable bonds is 0. The first-order chi connectivity index (χ1) is 3.39. The van der Waals surface area contributed by atoms with Crippen LogP contribution in [0.2, 0.25) is 0 Å². The van der Waals surface area contributed by atoms with E-state index in [2.05, 4.69) is 0 Å². The lowest BCUT2D eigenvalue weighted by Gasteiger charge is -2.05. The third-order valence-electron chi connectivity index (χ3n) is 1.41. The van der Waals surface area contributed by atoms with Gasteiger partial charge in [0.15, 0.2) is 0 Å². The lowest BCUT2D eigenvalue weighted by Crippen LogP contribution is -2.02. The van der Waals surface area contributed by atoms with Gasteiger partial charge in [-0.3, -0.25) is 4.79 Å². The molecule has 0 bridgehead atoms. The van der Waals surface area contributed by atoms with Crippen molar-refractivity contribution in [3.63, 3.8) is 0 Å². The van der Waals surface area contributed by atoms with Crippen LogP contribution in [0, 0.1) is 0 Å². The zero-order valence-electron chi connectivity index (χ0n) is 6.08. The number of hydrogen-bond donors (Lipinski definition) is 0. The lowest BCUT2D eigenvalue weighted by molar-refractivity contribution is -0.120. The molecule has 0 aromatic heterocycles. The predicted octanol–water partition coefficient (Wildman–Crippen LogP) is 3.21. The van der Waals surface area contributed by atoms with E-state index >= 15 is 0 Å². The fourth-order valence-corrected chi connectivity index (χ4v) is 0.946. The summed E-state index contributed by atoms with van der Waals surface area (Å²) < 4.78 is 0. The molecule has 1 aliphatic rings. The largest absolute Gasteiger partial charge is 0.300 e. The van der Waals surface area contributed by atoms with Gasteiger partial charge >= 0.3 is 0 Å². The molecule has 1 nitrogen and oxygen atoms in total. The highest BCUT2D eigenvalue weighted by molar-refractivity contribution is 5.86. The molecule has 0 heterocycles. The Kier molecular flexibility index (Phi) is 27.6. The number of hydrogen-bond acceptors (Lipinski definition) is 1. The quantitative estimate of drug-likeness (QED) is 0.639. The molecule has 0 spiro atoms. The van der Waals surface area contributed by atoms with Gasteiger partial charge in [-0.15, -0.1) is 49.6 Å². The maximum absolute atomic E-state index is 10.5. The van der Waals surface area contributed by atoms with Crippen molar-refractivity contribution in [2.75, 3.05) is 0 Å². The third-order valence-corrected chi connectivity index (χ3v) is 1.41. The van der Waals surface area contributed by atoms with E-state index in [1.807, 2.05) is 0 Å². The van der Waals surface area contributed by atoms with Crippen molar-refractivity contribution in [1.82, 2.24) is 0 Å². The van der Waals surface area contributed by atoms with Crippen LogP contribution in [0.5, 0.6) is 0 Å². The summed E-state index contributed by atoms with van der Waals surface area (Å²) in [5.41, 5.74) is 0. The number of ketones is 1. The van der Waals surface area contributed by atoms with Crippen LogP contribution >= 0.6 is 49.6 Å². The second kappa shape index (κ2) is 13.4. The van der Waals surface area contributed by atoms with Crippen LogP contribution in [0.15, 0.2) is 0 Å². The molecule has 0 radical (unpaired) electrons. The Morgan fingerprint density at radius 3 is 1.27 bits per heavy atom. The maximum atomic E-state index is 10.5. The summed E-state index contributed by atoms with van der Waals surface area (Å²) in [6, 6.07) is 0. The van der Waals surface area contributed by atoms with Gasteiger partial charge in [-0.1, -0.05) is 6.42 Å². The highest BCUT2D eigenvalue weighted by atomic mass is 35.5. The Balaban J connectivity index is -0.0000000612. The smallest absolute Gasteiger partial charge is 0.132 e. The van der Waals surface area contributed by atoms with Gasteiger partial charge in [0.25, 0.3) is 0 Å². The summed E-state index contributed by atoms with van der Waals surface area (Å²) in [6.07, 6.45) is 5.24. The first kappa shape index (κ1) is 22.6. The fourth-order valence-electron chi connectivity index (χ4n) is 0.946. The van der Waals surface area contributed by atoms with E-state index in [-0.39, 0.29) is 49.6 Å². The zero-order chi connectivity index (χ0) is 5.11. The second-order valence-corrected chi connectivity index (χ2v) is 2.10. The molecule has 0 aromatic carbocycles. The molecule has 0 amide bonds. The van der Waals surface area contributed by atoms with E-state index in [4.69, 9.17) is 0 Å². The van der Waals surface area contributed by atoms with E-state index < -0.39 is 0 Å². The molecule has 0 aromatic rings. The molecule has 11 heavy (non-hydrogen) atoms. The normalized spacial score (nSPS) is 14.4. The van der Waals surface area contributed by atoms with Crippen molar-refractivity contribution in [1.29, 1.82) is 0 Å². The van der Waals surface area contributed by atoms with E-state index in [1.165, 1.54) is 6.42 Å². The van der Waals surface area contributed by atoms with Gasteiger partial charge in [-0.2, -0.15) is 0 Å². The van der Waals surface area contributed by atoms with Crippen LogP contribution in [0.4, 0.5) is 0 Å². The van der Waals surface area contributed by atoms with E-state index in [1.54, 1.807) is 0 Å². The standard InChI is InChI=1S/C6H10O.4ClH/c7-6-4-2-1-3-5-6;;;;/h1-5H2;4*1H. The molecule has 1 saturated carbocycles. The monoisotopic (exact) mass is 242 g/mol. The Hall–Kier alpha value is 0.830. The lowest BCUT2D eigenvalue weighted by atomic mass is 10.00. The fraction of sp³-hybridized carbons (Fsp3) is 0.833. The molecule has 5 heteroatoms. The Bertz CT molecular complexity index is 78.7. The zero-order valence-corrected chi connectivity index (χ0v) is 9.34. The molecule has 0 unspecified atom stereocenters. The summed E-state index contributed by atoms with van der Waals surface area (Å²) in [5, 5.41) is 0. The highest BCUT2D eigenvalue weighted by Crippen LogP contribution is 2.12. The molecule has 1 aliphatic carbocycles. The van der Waals surface area contributed by atoms with Gasteiger partial charge in [0.05, 0.1) is 0 Å². The first-order valence-electron chi connectivity index (χ1n) is 2.91. The minimum absolute atomic E-state index is 0. The minimum atomic E-state index is 0. The van der Waals surface area contributed by atoms with Crippen molar-refractivity contribution in [2.45, 2.75) is 32.1 Å². The average molecular weight is 244 g/mol. The summed E-state index contributed by atoms with van der Waals surface area (Å²) >= 11 is 0. The molecular weight excluding hydrogens is 230 g/mol. The van der Waals surface area contributed by atoms with E-state index in [9.17, 15) is 4.79 Å². The van der Waals surface area contributed by atoms with Crippen LogP contribution in [0.1, 0.15) is 32.1 Å². The van der Waals surface area contributed by atoms with Gasteiger partial charge in [0, 0.05) is 12.8 Å². The van der Waals surface area contributed by atoms with E-state index in [0.717, 1.165) is 25.7 Å². The number of carbonyl (C=O) groups excluding carboxylic acids is 1. The molecule has 1 fully saturated rings. The second-order valence-electron chi connectivity index (χ2n) is 2.10. The Labute approximate surface area is 92.3 Å². The molecule has 1 rings (SSSR count). The summed E-state index contributed by atoms with van der Waals surface area (Å²) in [4.78, 5) is 10.5. The van der Waals surface area contributed by atoms with Crippen molar-refractivity contribution in [2.24, 2.45) is 0 Å².